The standard InChI is InChI=1S/C30H40N2.2C17H31.Pd/c1-4-7-9-10-11-12-14-25-18-20-26(21-19-25)29-23-28(16-8-5-2)30(32(29)31)27-17-13-15-24(6-3)22-27;2*1-3-5-7-9-11-13-15-17-16-14-12-10-8-6-4-2;/h13,15,17-23H,4-12,14,16H2,1-3H3;2*3,5-17H2,1H3;. The van der Waals surface area contributed by atoms with Gasteiger partial charge in [0.2, 0.25) is 11.4 Å². The SMILES string of the molecule is CCCCCCCCCCCCCCCC#[C][Pd][C]#CCCCCCCCCCCCCCCC.CCCCCCCCc1ccc(C2=CC(CCCC)=C(c3cccc(CC)c3)[N+]2=[N-])cc1. The second-order valence-electron chi connectivity index (χ2n) is 19.7. The van der Waals surface area contributed by atoms with Gasteiger partial charge < -0.3 is 5.53 Å². The molecule has 0 radical (unpaired) electrons. The molecule has 0 saturated heterocycles. The molecule has 2 nitrogen and oxygen atoms in total. The Balaban J connectivity index is 0.000000461. The molecule has 0 N–H and O–H groups in total. The van der Waals surface area contributed by atoms with Crippen molar-refractivity contribution in [2.45, 2.75) is 285 Å². The maximum absolute atomic E-state index is 11.2. The van der Waals surface area contributed by atoms with Gasteiger partial charge in [-0.3, -0.25) is 0 Å². The molecule has 0 fully saturated rings. The Morgan fingerprint density at radius 1 is 0.418 bits per heavy atom. The van der Waals surface area contributed by atoms with E-state index >= 15 is 0 Å². The van der Waals surface area contributed by atoms with Gasteiger partial charge in [-0.05, 0) is 67.5 Å². The molecular weight excluding hydrogens is 903 g/mol. The van der Waals surface area contributed by atoms with E-state index in [0.717, 1.165) is 67.5 Å². The molecule has 0 atom stereocenters. The summed E-state index contributed by atoms with van der Waals surface area (Å²) < 4.78 is 8.03. The number of rotatable bonds is 39. The molecule has 3 heteroatoms. The van der Waals surface area contributed by atoms with Gasteiger partial charge in [-0.1, -0.05) is 149 Å². The first-order chi connectivity index (χ1) is 33.1. The summed E-state index contributed by atoms with van der Waals surface area (Å²) >= 11 is 0.338. The van der Waals surface area contributed by atoms with Crippen molar-refractivity contribution in [3.05, 3.63) is 88.0 Å². The van der Waals surface area contributed by atoms with E-state index in [4.69, 9.17) is 0 Å². The minimum atomic E-state index is 0.338. The van der Waals surface area contributed by atoms with E-state index in [-0.39, 0.29) is 0 Å². The number of hydrogen-bond acceptors (Lipinski definition) is 0. The van der Waals surface area contributed by atoms with Crippen molar-refractivity contribution in [3.63, 3.8) is 0 Å². The van der Waals surface area contributed by atoms with E-state index in [2.05, 4.69) is 110 Å². The van der Waals surface area contributed by atoms with Crippen LogP contribution in [0.2, 0.25) is 0 Å². The first kappa shape index (κ1) is 60.4. The normalized spacial score (nSPS) is 12.1. The van der Waals surface area contributed by atoms with E-state index in [9.17, 15) is 5.53 Å². The molecule has 2 aromatic rings. The molecule has 0 bridgehead atoms. The molecule has 0 aliphatic carbocycles. The topological polar surface area (TPSA) is 25.3 Å². The number of aryl methyl sites for hydroxylation is 2. The number of allylic oxidation sites excluding steroid dienone is 2. The van der Waals surface area contributed by atoms with E-state index in [1.54, 1.807) is 0 Å². The van der Waals surface area contributed by atoms with Crippen LogP contribution in [0, 0.1) is 20.6 Å². The van der Waals surface area contributed by atoms with E-state index in [1.165, 1.54) is 227 Å². The third-order valence-corrected chi connectivity index (χ3v) is 14.5. The van der Waals surface area contributed by atoms with Crippen molar-refractivity contribution in [2.75, 3.05) is 0 Å². The third kappa shape index (κ3) is 31.2. The quantitative estimate of drug-likeness (QED) is 0.0276. The Hall–Kier alpha value is -2.70. The fourth-order valence-corrected chi connectivity index (χ4v) is 9.89. The van der Waals surface area contributed by atoms with Crippen LogP contribution in [0.5, 0.6) is 0 Å². The summed E-state index contributed by atoms with van der Waals surface area (Å²) in [6, 6.07) is 17.4. The Morgan fingerprint density at radius 3 is 1.27 bits per heavy atom. The smallest absolute Gasteiger partial charge is 0.493 e. The predicted octanol–water partition coefficient (Wildman–Crippen LogP) is 21.1. The van der Waals surface area contributed by atoms with E-state index < -0.39 is 0 Å². The van der Waals surface area contributed by atoms with Crippen LogP contribution in [0.15, 0.2) is 60.2 Å². The van der Waals surface area contributed by atoms with Crippen LogP contribution in [0.3, 0.4) is 0 Å². The fourth-order valence-electron chi connectivity index (χ4n) is 9.13. The predicted molar refractivity (Wildman–Crippen MR) is 294 cm³/mol. The van der Waals surface area contributed by atoms with Gasteiger partial charge in [-0.15, -0.1) is 0 Å². The molecule has 1 aliphatic heterocycles. The number of nitrogens with zero attached hydrogens (tertiary/aromatic N) is 2. The zero-order valence-corrected chi connectivity index (χ0v) is 46.0. The van der Waals surface area contributed by atoms with Crippen molar-refractivity contribution in [1.29, 1.82) is 0 Å². The van der Waals surface area contributed by atoms with Crippen LogP contribution in [0.25, 0.3) is 16.9 Å². The zero-order chi connectivity index (χ0) is 48.1. The van der Waals surface area contributed by atoms with Gasteiger partial charge in [0, 0.05) is 22.8 Å². The molecule has 3 rings (SSSR count). The average Bonchev–Trinajstić information content (AvgIpc) is 3.69. The van der Waals surface area contributed by atoms with Gasteiger partial charge in [-0.25, -0.2) is 4.70 Å². The molecule has 0 unspecified atom stereocenters. The van der Waals surface area contributed by atoms with E-state index in [1.807, 2.05) is 0 Å². The Labute approximate surface area is 425 Å². The minimum absolute atomic E-state index is 0.338. The van der Waals surface area contributed by atoms with Crippen molar-refractivity contribution < 1.29 is 22.7 Å². The first-order valence-electron chi connectivity index (χ1n) is 28.7. The van der Waals surface area contributed by atoms with Gasteiger partial charge in [0.05, 0.1) is 0 Å². The zero-order valence-electron chi connectivity index (χ0n) is 44.5. The molecule has 0 amide bonds. The van der Waals surface area contributed by atoms with Crippen molar-refractivity contribution in [1.82, 2.24) is 0 Å². The average molecular weight is 1010 g/mol. The second kappa shape index (κ2) is 44.5. The summed E-state index contributed by atoms with van der Waals surface area (Å²) in [7, 11) is 0. The molecule has 67 heavy (non-hydrogen) atoms. The number of hydrogen-bond donors (Lipinski definition) is 0. The van der Waals surface area contributed by atoms with Gasteiger partial charge >= 0.3 is 167 Å². The van der Waals surface area contributed by atoms with E-state index in [0.29, 0.717) is 18.0 Å². The second-order valence-corrected chi connectivity index (χ2v) is 20.8. The Morgan fingerprint density at radius 2 is 0.836 bits per heavy atom. The molecule has 0 aromatic heterocycles. The maximum atomic E-state index is 11.2. The van der Waals surface area contributed by atoms with Gasteiger partial charge in [0.1, 0.15) is 0 Å². The summed E-state index contributed by atoms with van der Waals surface area (Å²) in [6.45, 7) is 11.3. The minimum Gasteiger partial charge on any atom is -0.493 e. The molecule has 378 valence electrons. The molecular formula is C64H102N2Pd. The summed E-state index contributed by atoms with van der Waals surface area (Å²) in [4.78, 5) is 0. The third-order valence-electron chi connectivity index (χ3n) is 13.5. The molecule has 0 saturated carbocycles. The van der Waals surface area contributed by atoms with Crippen LogP contribution < -0.4 is 0 Å². The first-order valence-corrected chi connectivity index (χ1v) is 30.3. The van der Waals surface area contributed by atoms with Crippen LogP contribution >= 0.6 is 0 Å². The molecule has 2 aromatic carbocycles. The Bertz CT molecular complexity index is 1650. The molecule has 0 spiro atoms. The summed E-state index contributed by atoms with van der Waals surface area (Å²) in [5.41, 5.74) is 19.1. The van der Waals surface area contributed by atoms with Gasteiger partial charge in [0.25, 0.3) is 0 Å². The van der Waals surface area contributed by atoms with Crippen LogP contribution in [0.4, 0.5) is 0 Å². The monoisotopic (exact) mass is 1000 g/mol. The van der Waals surface area contributed by atoms with Crippen LogP contribution in [-0.2, 0) is 30.8 Å². The van der Waals surface area contributed by atoms with Crippen molar-refractivity contribution >= 4 is 11.4 Å². The van der Waals surface area contributed by atoms with Crippen LogP contribution in [0.1, 0.15) is 294 Å². The summed E-state index contributed by atoms with van der Waals surface area (Å²) in [5.74, 6) is 6.69. The van der Waals surface area contributed by atoms with Crippen molar-refractivity contribution in [2.24, 2.45) is 0 Å². The fraction of sp³-hybridized carbons (Fsp3) is 0.688. The Kier molecular flexibility index (Phi) is 40.1. The number of unbranched alkanes of at least 4 members (excludes halogenated alkanes) is 32. The van der Waals surface area contributed by atoms with Gasteiger partial charge in [0.15, 0.2) is 0 Å². The van der Waals surface area contributed by atoms with Gasteiger partial charge in [-0.2, -0.15) is 0 Å². The summed E-state index contributed by atoms with van der Waals surface area (Å²) in [6.07, 6.45) is 54.6. The summed E-state index contributed by atoms with van der Waals surface area (Å²) in [5, 5.41) is 0. The molecule has 1 heterocycles. The van der Waals surface area contributed by atoms with Crippen molar-refractivity contribution in [3.8, 4) is 20.6 Å². The molecule has 1 aliphatic rings. The number of benzene rings is 2. The van der Waals surface area contributed by atoms with Crippen LogP contribution in [-0.4, -0.2) is 4.70 Å².